The first-order chi connectivity index (χ1) is 8.20. The third-order valence-corrected chi connectivity index (χ3v) is 3.72. The highest BCUT2D eigenvalue weighted by molar-refractivity contribution is 4.88. The topological polar surface area (TPSA) is 46.0 Å². The van der Waals surface area contributed by atoms with Gasteiger partial charge in [-0.05, 0) is 26.3 Å². The molecule has 5 heteroatoms. The molecule has 2 rings (SSSR count). The lowest BCUT2D eigenvalue weighted by molar-refractivity contribution is 0.187. The molecule has 1 aliphatic rings. The van der Waals surface area contributed by atoms with Crippen LogP contribution in [0.3, 0.4) is 0 Å². The van der Waals surface area contributed by atoms with Gasteiger partial charge in [-0.15, -0.1) is 0 Å². The molecule has 0 amide bonds. The van der Waals surface area contributed by atoms with Gasteiger partial charge in [-0.3, -0.25) is 9.58 Å². The number of rotatable bonds is 3. The van der Waals surface area contributed by atoms with Gasteiger partial charge in [-0.25, -0.2) is 4.98 Å². The second kappa shape index (κ2) is 5.60. The van der Waals surface area contributed by atoms with Crippen molar-refractivity contribution in [1.29, 1.82) is 0 Å². The summed E-state index contributed by atoms with van der Waals surface area (Å²) in [7, 11) is 1.96. The van der Waals surface area contributed by atoms with E-state index in [1.165, 1.54) is 12.8 Å². The van der Waals surface area contributed by atoms with E-state index in [0.717, 1.165) is 25.5 Å². The summed E-state index contributed by atoms with van der Waals surface area (Å²) in [4.78, 5) is 6.83. The molecular weight excluding hydrogens is 214 g/mol. The van der Waals surface area contributed by atoms with Crippen molar-refractivity contribution in [3.63, 3.8) is 0 Å². The van der Waals surface area contributed by atoms with Crippen LogP contribution in [-0.4, -0.2) is 44.8 Å². The van der Waals surface area contributed by atoms with Gasteiger partial charge in [-0.2, -0.15) is 5.10 Å². The molecule has 5 nitrogen and oxygen atoms in total. The minimum Gasteiger partial charge on any atom is -0.313 e. The van der Waals surface area contributed by atoms with Crippen LogP contribution in [0.15, 0.2) is 6.33 Å². The lowest BCUT2D eigenvalue weighted by Crippen LogP contribution is -2.39. The van der Waals surface area contributed by atoms with Crippen LogP contribution in [0.5, 0.6) is 0 Å². The predicted molar refractivity (Wildman–Crippen MR) is 67.6 cm³/mol. The van der Waals surface area contributed by atoms with E-state index in [1.54, 1.807) is 6.33 Å². The van der Waals surface area contributed by atoms with Crippen molar-refractivity contribution in [2.24, 2.45) is 7.05 Å². The average molecular weight is 237 g/mol. The summed E-state index contributed by atoms with van der Waals surface area (Å²) < 4.78 is 1.87. The summed E-state index contributed by atoms with van der Waals surface area (Å²) in [5.41, 5.74) is 0. The molecule has 0 aliphatic carbocycles. The Balaban J connectivity index is 2.03. The van der Waals surface area contributed by atoms with Crippen molar-refractivity contribution >= 4 is 0 Å². The molecule has 0 saturated carbocycles. The second-order valence-corrected chi connectivity index (χ2v) is 4.93. The van der Waals surface area contributed by atoms with Gasteiger partial charge in [0.2, 0.25) is 0 Å². The number of hydrogen-bond donors (Lipinski definition) is 1. The fourth-order valence-corrected chi connectivity index (χ4v) is 2.35. The molecule has 1 fully saturated rings. The molecule has 0 bridgehead atoms. The predicted octanol–water partition coefficient (Wildman–Crippen LogP) is 0.777. The first kappa shape index (κ1) is 12.5. The summed E-state index contributed by atoms with van der Waals surface area (Å²) >= 11 is 0. The number of hydrogen-bond acceptors (Lipinski definition) is 4. The Bertz CT molecular complexity index is 348. The van der Waals surface area contributed by atoms with Crippen molar-refractivity contribution in [3.8, 4) is 0 Å². The molecule has 0 aromatic carbocycles. The molecule has 0 radical (unpaired) electrons. The third kappa shape index (κ3) is 3.04. The lowest BCUT2D eigenvalue weighted by atomic mass is 10.2. The fourth-order valence-electron chi connectivity index (χ4n) is 2.35. The first-order valence-electron chi connectivity index (χ1n) is 6.51. The fraction of sp³-hybridized carbons (Fsp3) is 0.833. The molecule has 2 unspecified atom stereocenters. The van der Waals surface area contributed by atoms with Crippen molar-refractivity contribution in [3.05, 3.63) is 12.2 Å². The average Bonchev–Trinajstić information content (AvgIpc) is 2.62. The van der Waals surface area contributed by atoms with Crippen LogP contribution in [0.2, 0.25) is 0 Å². The molecule has 1 saturated heterocycles. The van der Waals surface area contributed by atoms with E-state index in [4.69, 9.17) is 0 Å². The van der Waals surface area contributed by atoms with Crippen molar-refractivity contribution in [1.82, 2.24) is 25.0 Å². The first-order valence-corrected chi connectivity index (χ1v) is 6.51. The van der Waals surface area contributed by atoms with Gasteiger partial charge in [0.1, 0.15) is 12.2 Å². The van der Waals surface area contributed by atoms with Crippen LogP contribution >= 0.6 is 0 Å². The molecule has 96 valence electrons. The Labute approximate surface area is 103 Å². The van der Waals surface area contributed by atoms with Gasteiger partial charge in [0.05, 0.1) is 6.54 Å². The van der Waals surface area contributed by atoms with Crippen LogP contribution < -0.4 is 5.32 Å². The van der Waals surface area contributed by atoms with E-state index in [-0.39, 0.29) is 0 Å². The van der Waals surface area contributed by atoms with E-state index < -0.39 is 0 Å². The van der Waals surface area contributed by atoms with Crippen molar-refractivity contribution < 1.29 is 0 Å². The van der Waals surface area contributed by atoms with Crippen molar-refractivity contribution in [2.75, 3.05) is 13.1 Å². The van der Waals surface area contributed by atoms with Crippen LogP contribution in [0, 0.1) is 0 Å². The van der Waals surface area contributed by atoms with Gasteiger partial charge >= 0.3 is 0 Å². The summed E-state index contributed by atoms with van der Waals surface area (Å²) in [6.45, 7) is 7.67. The van der Waals surface area contributed by atoms with Crippen LogP contribution in [-0.2, 0) is 13.6 Å². The summed E-state index contributed by atoms with van der Waals surface area (Å²) in [5, 5.41) is 7.73. The van der Waals surface area contributed by atoms with E-state index in [9.17, 15) is 0 Å². The SMILES string of the molecule is CCC1CN(Cc2ncnn2C)C(C)CCN1. The number of nitrogens with zero attached hydrogens (tertiary/aromatic N) is 4. The van der Waals surface area contributed by atoms with Crippen LogP contribution in [0.1, 0.15) is 32.5 Å². The Morgan fingerprint density at radius 2 is 2.35 bits per heavy atom. The highest BCUT2D eigenvalue weighted by Gasteiger charge is 2.22. The van der Waals surface area contributed by atoms with E-state index >= 15 is 0 Å². The van der Waals surface area contributed by atoms with Crippen LogP contribution in [0.4, 0.5) is 0 Å². The summed E-state index contributed by atoms with van der Waals surface area (Å²) in [6, 6.07) is 1.21. The summed E-state index contributed by atoms with van der Waals surface area (Å²) in [6.07, 6.45) is 4.02. The monoisotopic (exact) mass is 237 g/mol. The lowest BCUT2D eigenvalue weighted by Gasteiger charge is -2.28. The van der Waals surface area contributed by atoms with Gasteiger partial charge in [0.25, 0.3) is 0 Å². The van der Waals surface area contributed by atoms with Gasteiger partial charge in [0.15, 0.2) is 0 Å². The molecule has 1 aromatic heterocycles. The molecular formula is C12H23N5. The number of aromatic nitrogens is 3. The summed E-state index contributed by atoms with van der Waals surface area (Å²) in [5.74, 6) is 1.05. The quantitative estimate of drug-likeness (QED) is 0.844. The minimum atomic E-state index is 0.605. The molecule has 0 spiro atoms. The molecule has 1 N–H and O–H groups in total. The minimum absolute atomic E-state index is 0.605. The Kier molecular flexibility index (Phi) is 4.12. The molecule has 1 aromatic rings. The Hall–Kier alpha value is -0.940. The van der Waals surface area contributed by atoms with E-state index in [0.29, 0.717) is 12.1 Å². The highest BCUT2D eigenvalue weighted by Crippen LogP contribution is 2.13. The van der Waals surface area contributed by atoms with E-state index in [2.05, 4.69) is 34.1 Å². The number of nitrogens with one attached hydrogen (secondary N) is 1. The second-order valence-electron chi connectivity index (χ2n) is 4.93. The standard InChI is InChI=1S/C12H23N5/c1-4-11-7-17(10(2)5-6-13-11)8-12-14-9-15-16(12)3/h9-11,13H,4-8H2,1-3H3. The largest absolute Gasteiger partial charge is 0.313 e. The Morgan fingerprint density at radius 3 is 3.00 bits per heavy atom. The normalized spacial score (nSPS) is 27.0. The van der Waals surface area contributed by atoms with Crippen LogP contribution in [0.25, 0.3) is 0 Å². The molecule has 1 aliphatic heterocycles. The smallest absolute Gasteiger partial charge is 0.140 e. The number of aryl methyl sites for hydroxylation is 1. The maximum absolute atomic E-state index is 4.32. The van der Waals surface area contributed by atoms with E-state index in [1.807, 2.05) is 11.7 Å². The van der Waals surface area contributed by atoms with Gasteiger partial charge < -0.3 is 5.32 Å². The maximum atomic E-state index is 4.32. The molecule has 2 heterocycles. The van der Waals surface area contributed by atoms with Crippen molar-refractivity contribution in [2.45, 2.75) is 45.3 Å². The van der Waals surface area contributed by atoms with Gasteiger partial charge in [-0.1, -0.05) is 6.92 Å². The molecule has 2 atom stereocenters. The zero-order valence-corrected chi connectivity index (χ0v) is 11.1. The zero-order valence-electron chi connectivity index (χ0n) is 11.1. The third-order valence-electron chi connectivity index (χ3n) is 3.72. The Morgan fingerprint density at radius 1 is 1.53 bits per heavy atom. The maximum Gasteiger partial charge on any atom is 0.140 e. The zero-order chi connectivity index (χ0) is 12.3. The van der Waals surface area contributed by atoms with Gasteiger partial charge in [0, 0.05) is 25.7 Å². The molecule has 17 heavy (non-hydrogen) atoms. The highest BCUT2D eigenvalue weighted by atomic mass is 15.3.